The molecule has 110 valence electrons. The molecule has 3 aromatic rings. The second-order valence-electron chi connectivity index (χ2n) is 5.07. The fourth-order valence-corrected chi connectivity index (χ4v) is 2.42. The number of carboxylic acid groups (broad SMARTS) is 1. The van der Waals surface area contributed by atoms with Crippen LogP contribution >= 0.6 is 0 Å². The molecular weight excluding hydrogens is 280 g/mol. The van der Waals surface area contributed by atoms with Crippen LogP contribution in [-0.4, -0.2) is 20.6 Å². The van der Waals surface area contributed by atoms with Gasteiger partial charge in [0.1, 0.15) is 5.82 Å². The Kier molecular flexibility index (Phi) is 3.47. The monoisotopic (exact) mass is 294 g/mol. The molecule has 0 atom stereocenters. The van der Waals surface area contributed by atoms with Crippen molar-refractivity contribution in [3.8, 4) is 0 Å². The molecule has 0 aliphatic heterocycles. The Balaban J connectivity index is 2.15. The van der Waals surface area contributed by atoms with E-state index in [2.05, 4.69) is 4.98 Å². The first kappa shape index (κ1) is 14.0. The van der Waals surface area contributed by atoms with Gasteiger partial charge in [0.05, 0.1) is 23.0 Å². The molecule has 0 bridgehead atoms. The molecule has 3 rings (SSSR count). The van der Waals surface area contributed by atoms with Crippen LogP contribution in [0.3, 0.4) is 0 Å². The first-order valence-electron chi connectivity index (χ1n) is 6.84. The van der Waals surface area contributed by atoms with E-state index in [1.54, 1.807) is 11.5 Å². The maximum Gasteiger partial charge on any atom is 0.335 e. The van der Waals surface area contributed by atoms with Crippen LogP contribution in [0.4, 0.5) is 0 Å². The molecule has 1 aromatic heterocycles. The largest absolute Gasteiger partial charge is 0.478 e. The van der Waals surface area contributed by atoms with Gasteiger partial charge >= 0.3 is 5.97 Å². The lowest BCUT2D eigenvalue weighted by Crippen LogP contribution is -2.24. The molecule has 5 nitrogen and oxygen atoms in total. The summed E-state index contributed by atoms with van der Waals surface area (Å²) >= 11 is 0. The van der Waals surface area contributed by atoms with Gasteiger partial charge in [-0.25, -0.2) is 9.78 Å². The number of fused-ring (bicyclic) bond motifs is 1. The highest BCUT2D eigenvalue weighted by atomic mass is 16.4. The predicted molar refractivity (Wildman–Crippen MR) is 83.2 cm³/mol. The summed E-state index contributed by atoms with van der Waals surface area (Å²) < 4.78 is 1.60. The van der Waals surface area contributed by atoms with Gasteiger partial charge in [0.2, 0.25) is 0 Å². The van der Waals surface area contributed by atoms with Gasteiger partial charge in [-0.15, -0.1) is 0 Å². The van der Waals surface area contributed by atoms with Gasteiger partial charge < -0.3 is 5.11 Å². The summed E-state index contributed by atoms with van der Waals surface area (Å²) in [4.78, 5) is 28.0. The van der Waals surface area contributed by atoms with Crippen LogP contribution in [0.15, 0.2) is 53.3 Å². The molecule has 0 aliphatic rings. The zero-order valence-electron chi connectivity index (χ0n) is 12.0. The van der Waals surface area contributed by atoms with Gasteiger partial charge in [-0.1, -0.05) is 30.3 Å². The molecule has 0 fully saturated rings. The van der Waals surface area contributed by atoms with Crippen LogP contribution in [0, 0.1) is 6.92 Å². The number of hydrogen-bond acceptors (Lipinski definition) is 3. The Hall–Kier alpha value is -2.95. The van der Waals surface area contributed by atoms with Crippen molar-refractivity contribution in [2.75, 3.05) is 0 Å². The van der Waals surface area contributed by atoms with Crippen molar-refractivity contribution in [1.29, 1.82) is 0 Å². The second-order valence-corrected chi connectivity index (χ2v) is 5.07. The fraction of sp³-hybridized carbons (Fsp3) is 0.118. The molecule has 2 aromatic carbocycles. The van der Waals surface area contributed by atoms with Crippen LogP contribution in [0.2, 0.25) is 0 Å². The summed E-state index contributed by atoms with van der Waals surface area (Å²) in [6, 6.07) is 14.0. The maximum absolute atomic E-state index is 12.6. The summed E-state index contributed by atoms with van der Waals surface area (Å²) in [5.74, 6) is -0.473. The summed E-state index contributed by atoms with van der Waals surface area (Å²) in [6.07, 6.45) is 0. The van der Waals surface area contributed by atoms with E-state index in [-0.39, 0.29) is 11.1 Å². The van der Waals surface area contributed by atoms with E-state index in [0.29, 0.717) is 23.3 Å². The molecule has 5 heteroatoms. The average molecular weight is 294 g/mol. The minimum Gasteiger partial charge on any atom is -0.478 e. The van der Waals surface area contributed by atoms with Gasteiger partial charge in [-0.2, -0.15) is 0 Å². The molecule has 0 radical (unpaired) electrons. The molecule has 1 heterocycles. The lowest BCUT2D eigenvalue weighted by Gasteiger charge is -2.11. The van der Waals surface area contributed by atoms with Crippen LogP contribution in [0.25, 0.3) is 10.9 Å². The SMILES string of the molecule is Cc1nc2cc(C(=O)O)ccc2c(=O)n1Cc1ccccc1. The number of rotatable bonds is 3. The third-order valence-electron chi connectivity index (χ3n) is 3.58. The van der Waals surface area contributed by atoms with E-state index in [1.807, 2.05) is 30.3 Å². The summed E-state index contributed by atoms with van der Waals surface area (Å²) in [5, 5.41) is 9.44. The topological polar surface area (TPSA) is 72.2 Å². The number of aryl methyl sites for hydroxylation is 1. The van der Waals surface area contributed by atoms with Crippen LogP contribution in [-0.2, 0) is 6.54 Å². The van der Waals surface area contributed by atoms with E-state index in [1.165, 1.54) is 18.2 Å². The lowest BCUT2D eigenvalue weighted by molar-refractivity contribution is 0.0697. The van der Waals surface area contributed by atoms with E-state index in [9.17, 15) is 9.59 Å². The standard InChI is InChI=1S/C17H14N2O3/c1-11-18-15-9-13(17(21)22)7-8-14(15)16(20)19(11)10-12-5-3-2-4-6-12/h2-9H,10H2,1H3,(H,21,22). The second kappa shape index (κ2) is 5.44. The summed E-state index contributed by atoms with van der Waals surface area (Å²) in [5.41, 5.74) is 1.38. The minimum absolute atomic E-state index is 0.125. The maximum atomic E-state index is 12.6. The zero-order chi connectivity index (χ0) is 15.7. The van der Waals surface area contributed by atoms with E-state index in [0.717, 1.165) is 5.56 Å². The van der Waals surface area contributed by atoms with Crippen molar-refractivity contribution >= 4 is 16.9 Å². The first-order valence-corrected chi connectivity index (χ1v) is 6.84. The van der Waals surface area contributed by atoms with Crippen molar-refractivity contribution < 1.29 is 9.90 Å². The molecular formula is C17H14N2O3. The number of benzene rings is 2. The Morgan fingerprint density at radius 2 is 1.91 bits per heavy atom. The van der Waals surface area contributed by atoms with E-state index >= 15 is 0 Å². The molecule has 0 spiro atoms. The molecule has 0 unspecified atom stereocenters. The number of aromatic nitrogens is 2. The summed E-state index contributed by atoms with van der Waals surface area (Å²) in [7, 11) is 0. The van der Waals surface area contributed by atoms with Gasteiger partial charge in [-0.3, -0.25) is 9.36 Å². The van der Waals surface area contributed by atoms with E-state index < -0.39 is 5.97 Å². The molecule has 0 saturated heterocycles. The number of carboxylic acids is 1. The molecule has 0 saturated carbocycles. The van der Waals surface area contributed by atoms with Crippen molar-refractivity contribution in [3.63, 3.8) is 0 Å². The number of carbonyl (C=O) groups is 1. The molecule has 1 N–H and O–H groups in total. The number of hydrogen-bond donors (Lipinski definition) is 1. The summed E-state index contributed by atoms with van der Waals surface area (Å²) in [6.45, 7) is 2.19. The van der Waals surface area contributed by atoms with Crippen molar-refractivity contribution in [2.24, 2.45) is 0 Å². The Morgan fingerprint density at radius 1 is 1.18 bits per heavy atom. The van der Waals surface area contributed by atoms with Crippen LogP contribution in [0.1, 0.15) is 21.7 Å². The van der Waals surface area contributed by atoms with Crippen molar-refractivity contribution in [3.05, 3.63) is 75.8 Å². The average Bonchev–Trinajstić information content (AvgIpc) is 2.52. The minimum atomic E-state index is -1.03. The van der Waals surface area contributed by atoms with Gasteiger partial charge in [0.15, 0.2) is 0 Å². The highest BCUT2D eigenvalue weighted by Crippen LogP contribution is 2.12. The third kappa shape index (κ3) is 2.48. The molecule has 0 amide bonds. The zero-order valence-corrected chi connectivity index (χ0v) is 12.0. The highest BCUT2D eigenvalue weighted by molar-refractivity contribution is 5.92. The highest BCUT2D eigenvalue weighted by Gasteiger charge is 2.11. The Morgan fingerprint density at radius 3 is 2.59 bits per heavy atom. The fourth-order valence-electron chi connectivity index (χ4n) is 2.42. The van der Waals surface area contributed by atoms with Crippen molar-refractivity contribution in [2.45, 2.75) is 13.5 Å². The van der Waals surface area contributed by atoms with Crippen LogP contribution in [0.5, 0.6) is 0 Å². The first-order chi connectivity index (χ1) is 10.6. The number of nitrogens with zero attached hydrogens (tertiary/aromatic N) is 2. The predicted octanol–water partition coefficient (Wildman–Crippen LogP) is 2.45. The molecule has 0 aliphatic carbocycles. The van der Waals surface area contributed by atoms with Gasteiger partial charge in [-0.05, 0) is 30.7 Å². The smallest absolute Gasteiger partial charge is 0.335 e. The Labute approximate surface area is 126 Å². The van der Waals surface area contributed by atoms with Crippen molar-refractivity contribution in [1.82, 2.24) is 9.55 Å². The molecule has 22 heavy (non-hydrogen) atoms. The van der Waals surface area contributed by atoms with E-state index in [4.69, 9.17) is 5.11 Å². The lowest BCUT2D eigenvalue weighted by atomic mass is 10.1. The van der Waals surface area contributed by atoms with Crippen LogP contribution < -0.4 is 5.56 Å². The normalized spacial score (nSPS) is 10.8. The third-order valence-corrected chi connectivity index (χ3v) is 3.58. The Bertz CT molecular complexity index is 914. The van der Waals surface area contributed by atoms with Gasteiger partial charge in [0.25, 0.3) is 5.56 Å². The van der Waals surface area contributed by atoms with Gasteiger partial charge in [0, 0.05) is 0 Å². The number of aromatic carboxylic acids is 1. The quantitative estimate of drug-likeness (QED) is 0.805.